The zero-order valence-electron chi connectivity index (χ0n) is 15.5. The Bertz CT molecular complexity index is 988. The van der Waals surface area contributed by atoms with E-state index in [0.717, 1.165) is 40.7 Å². The van der Waals surface area contributed by atoms with Gasteiger partial charge in [-0.25, -0.2) is 0 Å². The molecule has 0 aliphatic heterocycles. The molecule has 28 heavy (non-hydrogen) atoms. The van der Waals surface area contributed by atoms with E-state index in [1.807, 2.05) is 47.9 Å². The Hall–Kier alpha value is -2.31. The summed E-state index contributed by atoms with van der Waals surface area (Å²) in [6.07, 6.45) is 1.72. The average molecular weight is 414 g/mol. The van der Waals surface area contributed by atoms with Gasteiger partial charge in [0.05, 0.1) is 5.25 Å². The van der Waals surface area contributed by atoms with E-state index in [9.17, 15) is 4.79 Å². The van der Waals surface area contributed by atoms with E-state index in [-0.39, 0.29) is 11.0 Å². The summed E-state index contributed by atoms with van der Waals surface area (Å²) in [5.41, 5.74) is 1.97. The van der Waals surface area contributed by atoms with Crippen LogP contribution in [0.1, 0.15) is 35.1 Å². The predicted octanol–water partition coefficient (Wildman–Crippen LogP) is 4.82. The minimum absolute atomic E-state index is 0.130. The van der Waals surface area contributed by atoms with Crippen LogP contribution in [0.2, 0.25) is 5.02 Å². The van der Waals surface area contributed by atoms with Gasteiger partial charge in [0, 0.05) is 17.1 Å². The van der Waals surface area contributed by atoms with Gasteiger partial charge in [-0.1, -0.05) is 47.6 Å². The third-order valence-electron chi connectivity index (χ3n) is 4.79. The maximum absolute atomic E-state index is 12.9. The summed E-state index contributed by atoms with van der Waals surface area (Å²) in [5, 5.41) is 9.90. The van der Waals surface area contributed by atoms with Crippen molar-refractivity contribution in [1.29, 1.82) is 0 Å². The first-order chi connectivity index (χ1) is 13.7. The fourth-order valence-electron chi connectivity index (χ4n) is 3.32. The molecule has 0 N–H and O–H groups in total. The first-order valence-corrected chi connectivity index (χ1v) is 10.5. The summed E-state index contributed by atoms with van der Waals surface area (Å²) in [6.45, 7) is 3.06. The molecule has 0 unspecified atom stereocenters. The van der Waals surface area contributed by atoms with Crippen LogP contribution < -0.4 is 4.74 Å². The zero-order chi connectivity index (χ0) is 19.5. The van der Waals surface area contributed by atoms with Crippen LogP contribution in [-0.4, -0.2) is 25.8 Å². The normalized spacial score (nSPS) is 16.1. The van der Waals surface area contributed by atoms with E-state index in [4.69, 9.17) is 16.3 Å². The number of rotatable bonds is 6. The monoisotopic (exact) mass is 413 g/mol. The van der Waals surface area contributed by atoms with E-state index in [2.05, 4.69) is 10.2 Å². The Morgan fingerprint density at radius 1 is 1.18 bits per heavy atom. The summed E-state index contributed by atoms with van der Waals surface area (Å²) < 4.78 is 7.81. The van der Waals surface area contributed by atoms with Crippen molar-refractivity contribution in [2.45, 2.75) is 43.3 Å². The lowest BCUT2D eigenvalue weighted by atomic mass is 9.90. The molecule has 1 aliphatic carbocycles. The third kappa shape index (κ3) is 3.93. The summed E-state index contributed by atoms with van der Waals surface area (Å²) in [6, 6.07) is 15.1. The second-order valence-corrected chi connectivity index (χ2v) is 8.16. The van der Waals surface area contributed by atoms with Gasteiger partial charge in [0.25, 0.3) is 0 Å². The standard InChI is InChI=1S/C21H20ClN3O2S/c1-2-25-19(13-27-16-10-8-15(22)9-11-16)23-24-21(25)28-18-12-7-14-5-3-4-6-17(14)20(18)26/h3-6,8-11,18H,2,7,12-13H2,1H3/t18-/m0/s1. The number of thioether (sulfide) groups is 1. The lowest BCUT2D eigenvalue weighted by Gasteiger charge is -2.22. The third-order valence-corrected chi connectivity index (χ3v) is 6.29. The molecular weight excluding hydrogens is 394 g/mol. The number of hydrogen-bond donors (Lipinski definition) is 0. The van der Waals surface area contributed by atoms with Crippen LogP contribution in [0, 0.1) is 0 Å². The number of halogens is 1. The molecule has 0 fully saturated rings. The Morgan fingerprint density at radius 3 is 2.75 bits per heavy atom. The molecular formula is C21H20ClN3O2S. The molecule has 144 valence electrons. The molecule has 0 bridgehead atoms. The molecule has 3 aromatic rings. The molecule has 2 aromatic carbocycles. The Labute approximate surface area is 173 Å². The van der Waals surface area contributed by atoms with Crippen molar-refractivity contribution in [3.8, 4) is 5.75 Å². The molecule has 0 saturated carbocycles. The molecule has 1 aliphatic rings. The molecule has 1 aromatic heterocycles. The van der Waals surface area contributed by atoms with E-state index in [1.165, 1.54) is 11.8 Å². The molecule has 5 nitrogen and oxygen atoms in total. The SMILES string of the molecule is CCn1c(COc2ccc(Cl)cc2)nnc1S[C@H]1CCc2ccccc2C1=O. The summed E-state index contributed by atoms with van der Waals surface area (Å²) >= 11 is 7.40. The first-order valence-electron chi connectivity index (χ1n) is 9.25. The van der Waals surface area contributed by atoms with Crippen LogP contribution >= 0.6 is 23.4 Å². The molecule has 0 amide bonds. The number of benzene rings is 2. The van der Waals surface area contributed by atoms with Gasteiger partial charge in [-0.2, -0.15) is 0 Å². The number of fused-ring (bicyclic) bond motifs is 1. The number of carbonyl (C=O) groups is 1. The van der Waals surface area contributed by atoms with Gasteiger partial charge in [-0.05, 0) is 49.6 Å². The average Bonchev–Trinajstić information content (AvgIpc) is 3.11. The van der Waals surface area contributed by atoms with Gasteiger partial charge in [0.1, 0.15) is 12.4 Å². The van der Waals surface area contributed by atoms with E-state index < -0.39 is 0 Å². The van der Waals surface area contributed by atoms with Gasteiger partial charge < -0.3 is 9.30 Å². The molecule has 4 rings (SSSR count). The highest BCUT2D eigenvalue weighted by Crippen LogP contribution is 2.33. The number of nitrogens with zero attached hydrogens (tertiary/aromatic N) is 3. The Morgan fingerprint density at radius 2 is 1.96 bits per heavy atom. The van der Waals surface area contributed by atoms with Crippen LogP contribution in [0.15, 0.2) is 53.7 Å². The number of ketones is 1. The zero-order valence-corrected chi connectivity index (χ0v) is 17.0. The minimum atomic E-state index is -0.130. The predicted molar refractivity (Wildman–Crippen MR) is 110 cm³/mol. The first kappa shape index (κ1) is 19.0. The van der Waals surface area contributed by atoms with E-state index in [0.29, 0.717) is 18.2 Å². The molecule has 7 heteroatoms. The molecule has 0 radical (unpaired) electrons. The van der Waals surface area contributed by atoms with Crippen LogP contribution in [0.3, 0.4) is 0 Å². The number of ether oxygens (including phenoxy) is 1. The van der Waals surface area contributed by atoms with Gasteiger partial charge in [-0.3, -0.25) is 4.79 Å². The smallest absolute Gasteiger partial charge is 0.192 e. The maximum Gasteiger partial charge on any atom is 0.192 e. The topological polar surface area (TPSA) is 57.0 Å². The highest BCUT2D eigenvalue weighted by Gasteiger charge is 2.29. The number of aromatic nitrogens is 3. The van der Waals surface area contributed by atoms with Crippen molar-refractivity contribution in [2.75, 3.05) is 0 Å². The second kappa shape index (κ2) is 8.37. The highest BCUT2D eigenvalue weighted by atomic mass is 35.5. The lowest BCUT2D eigenvalue weighted by Crippen LogP contribution is -2.25. The summed E-state index contributed by atoms with van der Waals surface area (Å²) in [4.78, 5) is 12.9. The van der Waals surface area contributed by atoms with Gasteiger partial charge in [0.2, 0.25) is 0 Å². The molecule has 1 atom stereocenters. The fourth-order valence-corrected chi connectivity index (χ4v) is 4.62. The second-order valence-electron chi connectivity index (χ2n) is 6.55. The Balaban J connectivity index is 1.47. The Kier molecular flexibility index (Phi) is 5.69. The van der Waals surface area contributed by atoms with Crippen LogP contribution in [-0.2, 0) is 19.6 Å². The number of Topliss-reactive ketones (excluding diaryl/α,β-unsaturated/α-hetero) is 1. The molecule has 0 saturated heterocycles. The van der Waals surface area contributed by atoms with Crippen LogP contribution in [0.25, 0.3) is 0 Å². The van der Waals surface area contributed by atoms with Crippen molar-refractivity contribution in [1.82, 2.24) is 14.8 Å². The van der Waals surface area contributed by atoms with Crippen molar-refractivity contribution in [3.05, 3.63) is 70.5 Å². The van der Waals surface area contributed by atoms with Crippen molar-refractivity contribution in [3.63, 3.8) is 0 Å². The van der Waals surface area contributed by atoms with Gasteiger partial charge in [-0.15, -0.1) is 10.2 Å². The van der Waals surface area contributed by atoms with Crippen molar-refractivity contribution < 1.29 is 9.53 Å². The largest absolute Gasteiger partial charge is 0.486 e. The lowest BCUT2D eigenvalue weighted by molar-refractivity contribution is 0.0979. The van der Waals surface area contributed by atoms with E-state index >= 15 is 0 Å². The van der Waals surface area contributed by atoms with E-state index in [1.54, 1.807) is 12.1 Å². The number of hydrogen-bond acceptors (Lipinski definition) is 5. The minimum Gasteiger partial charge on any atom is -0.486 e. The van der Waals surface area contributed by atoms with Gasteiger partial charge >= 0.3 is 0 Å². The van der Waals surface area contributed by atoms with Crippen LogP contribution in [0.5, 0.6) is 5.75 Å². The number of aryl methyl sites for hydroxylation is 1. The molecule has 0 spiro atoms. The quantitative estimate of drug-likeness (QED) is 0.579. The highest BCUT2D eigenvalue weighted by molar-refractivity contribution is 8.00. The van der Waals surface area contributed by atoms with Gasteiger partial charge in [0.15, 0.2) is 16.8 Å². The van der Waals surface area contributed by atoms with Crippen LogP contribution in [0.4, 0.5) is 0 Å². The fraction of sp³-hybridized carbons (Fsp3) is 0.286. The maximum atomic E-state index is 12.9. The number of carbonyl (C=O) groups excluding carboxylic acids is 1. The van der Waals surface area contributed by atoms with Crippen molar-refractivity contribution >= 4 is 29.1 Å². The summed E-state index contributed by atoms with van der Waals surface area (Å²) in [7, 11) is 0. The summed E-state index contributed by atoms with van der Waals surface area (Å²) in [5.74, 6) is 1.64. The molecule has 1 heterocycles. The van der Waals surface area contributed by atoms with Crippen molar-refractivity contribution in [2.24, 2.45) is 0 Å².